The molecule has 0 spiro atoms. The van der Waals surface area contributed by atoms with Gasteiger partial charge in [-0.1, -0.05) is 13.3 Å². The van der Waals surface area contributed by atoms with Crippen molar-refractivity contribution in [1.29, 1.82) is 0 Å². The Morgan fingerprint density at radius 2 is 2.15 bits per heavy atom. The molecule has 1 nitrogen and oxygen atoms in total. The second-order valence-electron chi connectivity index (χ2n) is 3.33. The minimum atomic E-state index is -4.21. The van der Waals surface area contributed by atoms with Crippen molar-refractivity contribution in [3.8, 4) is 0 Å². The third-order valence-corrected chi connectivity index (χ3v) is 2.17. The molecule has 1 aliphatic carbocycles. The van der Waals surface area contributed by atoms with Crippen molar-refractivity contribution in [2.24, 2.45) is 5.92 Å². The first-order chi connectivity index (χ1) is 6.01. The highest BCUT2D eigenvalue weighted by atomic mass is 19.4. The van der Waals surface area contributed by atoms with Crippen LogP contribution in [0.3, 0.4) is 0 Å². The van der Waals surface area contributed by atoms with Crippen LogP contribution in [0.5, 0.6) is 0 Å². The first kappa shape index (κ1) is 10.8. The van der Waals surface area contributed by atoms with E-state index in [4.69, 9.17) is 4.74 Å². The molecule has 0 aromatic rings. The van der Waals surface area contributed by atoms with E-state index in [1.807, 2.05) is 6.42 Å². The fourth-order valence-corrected chi connectivity index (χ4v) is 1.44. The van der Waals surface area contributed by atoms with E-state index >= 15 is 0 Å². The first-order valence-corrected chi connectivity index (χ1v) is 4.32. The molecule has 2 atom stereocenters. The maximum absolute atomic E-state index is 11.7. The van der Waals surface area contributed by atoms with Gasteiger partial charge < -0.3 is 4.74 Å². The van der Waals surface area contributed by atoms with E-state index in [1.54, 1.807) is 0 Å². The molecule has 0 aromatic heterocycles. The number of rotatable bonds is 3. The number of alkyl halides is 3. The van der Waals surface area contributed by atoms with E-state index in [0.717, 1.165) is 12.8 Å². The summed E-state index contributed by atoms with van der Waals surface area (Å²) in [5.74, 6) is 0.401. The lowest BCUT2D eigenvalue weighted by Crippen LogP contribution is -2.22. The summed E-state index contributed by atoms with van der Waals surface area (Å²) < 4.78 is 39.9. The quantitative estimate of drug-likeness (QED) is 0.671. The summed E-state index contributed by atoms with van der Waals surface area (Å²) in [6.45, 7) is 2.57. The second-order valence-corrected chi connectivity index (χ2v) is 3.33. The Labute approximate surface area is 76.3 Å². The van der Waals surface area contributed by atoms with Gasteiger partial charge in [-0.3, -0.25) is 0 Å². The molecule has 0 aromatic carbocycles. The summed E-state index contributed by atoms with van der Waals surface area (Å²) in [5.41, 5.74) is 0. The summed E-state index contributed by atoms with van der Waals surface area (Å²) in [7, 11) is 0. The zero-order chi connectivity index (χ0) is 9.90. The number of hydrogen-bond acceptors (Lipinski definition) is 1. The Bertz CT molecular complexity index is 155. The molecule has 1 fully saturated rings. The third-order valence-electron chi connectivity index (χ3n) is 2.17. The van der Waals surface area contributed by atoms with E-state index in [0.29, 0.717) is 12.3 Å². The van der Waals surface area contributed by atoms with Gasteiger partial charge >= 0.3 is 6.18 Å². The zero-order valence-electron chi connectivity index (χ0n) is 7.31. The summed E-state index contributed by atoms with van der Waals surface area (Å²) >= 11 is 0. The van der Waals surface area contributed by atoms with Gasteiger partial charge in [0.25, 0.3) is 0 Å². The molecule has 13 heavy (non-hydrogen) atoms. The molecule has 2 radical (unpaired) electrons. The van der Waals surface area contributed by atoms with Gasteiger partial charge in [0.15, 0.2) is 0 Å². The van der Waals surface area contributed by atoms with Gasteiger partial charge in [-0.2, -0.15) is 13.2 Å². The lowest BCUT2D eigenvalue weighted by molar-refractivity contribution is -0.181. The fourth-order valence-electron chi connectivity index (χ4n) is 1.44. The van der Waals surface area contributed by atoms with Crippen LogP contribution in [0.1, 0.15) is 19.3 Å². The van der Waals surface area contributed by atoms with Gasteiger partial charge in [0, 0.05) is 0 Å². The predicted molar refractivity (Wildman–Crippen MR) is 42.8 cm³/mol. The topological polar surface area (TPSA) is 9.23 Å². The van der Waals surface area contributed by atoms with Crippen LogP contribution < -0.4 is 0 Å². The van der Waals surface area contributed by atoms with Crippen molar-refractivity contribution in [3.63, 3.8) is 0 Å². The van der Waals surface area contributed by atoms with Crippen molar-refractivity contribution in [2.45, 2.75) is 31.5 Å². The van der Waals surface area contributed by atoms with Crippen LogP contribution in [0.25, 0.3) is 0 Å². The van der Waals surface area contributed by atoms with Gasteiger partial charge in [0.1, 0.15) is 6.61 Å². The van der Waals surface area contributed by atoms with Crippen LogP contribution in [0.2, 0.25) is 0 Å². The Hall–Kier alpha value is -0.250. The van der Waals surface area contributed by atoms with Gasteiger partial charge in [-0.15, -0.1) is 0 Å². The van der Waals surface area contributed by atoms with E-state index in [2.05, 4.69) is 6.92 Å². The molecule has 1 aliphatic rings. The number of hydrogen-bond donors (Lipinski definition) is 0. The monoisotopic (exact) mass is 194 g/mol. The summed E-state index contributed by atoms with van der Waals surface area (Å²) in [5, 5.41) is 0. The van der Waals surface area contributed by atoms with Gasteiger partial charge in [-0.25, -0.2) is 0 Å². The van der Waals surface area contributed by atoms with Crippen molar-refractivity contribution in [2.75, 3.05) is 6.61 Å². The van der Waals surface area contributed by atoms with E-state index in [1.165, 1.54) is 0 Å². The average molecular weight is 194 g/mol. The highest BCUT2D eigenvalue weighted by Crippen LogP contribution is 2.30. The molecule has 0 bridgehead atoms. The smallest absolute Gasteiger partial charge is 0.368 e. The second kappa shape index (κ2) is 4.31. The van der Waals surface area contributed by atoms with Crippen LogP contribution in [0, 0.1) is 19.3 Å². The average Bonchev–Trinajstić information content (AvgIpc) is 2.47. The maximum atomic E-state index is 11.7. The van der Waals surface area contributed by atoms with E-state index < -0.39 is 12.8 Å². The Balaban J connectivity index is 2.17. The molecule has 0 heterocycles. The molecule has 0 amide bonds. The van der Waals surface area contributed by atoms with Crippen molar-refractivity contribution in [1.82, 2.24) is 0 Å². The Morgan fingerprint density at radius 1 is 1.46 bits per heavy atom. The normalized spacial score (nSPS) is 29.5. The predicted octanol–water partition coefficient (Wildman–Crippen LogP) is 2.77. The molecular formula is C9H13F3O. The first-order valence-electron chi connectivity index (χ1n) is 4.32. The SMILES string of the molecule is [CH2]CC1C[CH]C(OCC(F)(F)F)C1. The van der Waals surface area contributed by atoms with Crippen LogP contribution in [-0.2, 0) is 4.74 Å². The highest BCUT2D eigenvalue weighted by Gasteiger charge is 2.31. The van der Waals surface area contributed by atoms with Crippen LogP contribution in [0.15, 0.2) is 0 Å². The molecule has 0 aliphatic heterocycles. The van der Waals surface area contributed by atoms with Crippen molar-refractivity contribution in [3.05, 3.63) is 13.3 Å². The molecular weight excluding hydrogens is 181 g/mol. The minimum absolute atomic E-state index is 0.326. The van der Waals surface area contributed by atoms with Crippen molar-refractivity contribution < 1.29 is 17.9 Å². The molecule has 4 heteroatoms. The summed E-state index contributed by atoms with van der Waals surface area (Å²) in [4.78, 5) is 0. The molecule has 76 valence electrons. The van der Waals surface area contributed by atoms with Crippen molar-refractivity contribution >= 4 is 0 Å². The lowest BCUT2D eigenvalue weighted by Gasteiger charge is -2.13. The van der Waals surface area contributed by atoms with E-state index in [-0.39, 0.29) is 6.10 Å². The van der Waals surface area contributed by atoms with Crippen LogP contribution in [0.4, 0.5) is 13.2 Å². The third kappa shape index (κ3) is 3.98. The summed E-state index contributed by atoms with van der Waals surface area (Å²) in [6.07, 6.45) is -0.459. The Morgan fingerprint density at radius 3 is 2.62 bits per heavy atom. The minimum Gasteiger partial charge on any atom is -0.368 e. The molecule has 1 rings (SSSR count). The molecule has 0 saturated heterocycles. The fraction of sp³-hybridized carbons (Fsp3) is 0.778. The number of halogens is 3. The van der Waals surface area contributed by atoms with Crippen LogP contribution in [-0.4, -0.2) is 18.9 Å². The molecule has 0 N–H and O–H groups in total. The van der Waals surface area contributed by atoms with Gasteiger partial charge in [-0.05, 0) is 25.2 Å². The molecule has 2 unspecified atom stereocenters. The molecule has 1 saturated carbocycles. The van der Waals surface area contributed by atoms with Gasteiger partial charge in [0.2, 0.25) is 0 Å². The number of ether oxygens (including phenoxy) is 1. The van der Waals surface area contributed by atoms with Crippen LogP contribution >= 0.6 is 0 Å². The maximum Gasteiger partial charge on any atom is 0.411 e. The zero-order valence-corrected chi connectivity index (χ0v) is 7.31. The van der Waals surface area contributed by atoms with E-state index in [9.17, 15) is 13.2 Å². The largest absolute Gasteiger partial charge is 0.411 e. The van der Waals surface area contributed by atoms with Gasteiger partial charge in [0.05, 0.1) is 6.10 Å². The Kier molecular flexibility index (Phi) is 3.59. The summed E-state index contributed by atoms with van der Waals surface area (Å²) in [6, 6.07) is 0. The highest BCUT2D eigenvalue weighted by molar-refractivity contribution is 4.90. The standard InChI is InChI=1S/C9H13F3O/c1-2-7-3-4-8(5-7)13-6-9(10,11)12/h4,7-8H,1-3,5-6H2. The lowest BCUT2D eigenvalue weighted by atomic mass is 10.1.